The summed E-state index contributed by atoms with van der Waals surface area (Å²) in [7, 11) is 0. The van der Waals surface area contributed by atoms with Gasteiger partial charge in [0.25, 0.3) is 0 Å². The smallest absolute Gasteiger partial charge is 0.244 e. The standard InChI is InChI=1S/C13H24N2O/c1-4-11(10(2)3)15-9-14-13(12(15)16)7-5-6-8-13/h10-11,14H,4-9H2,1-3H3. The van der Waals surface area contributed by atoms with Crippen LogP contribution in [0.15, 0.2) is 0 Å². The van der Waals surface area contributed by atoms with E-state index in [1.165, 1.54) is 12.8 Å². The van der Waals surface area contributed by atoms with Crippen LogP contribution < -0.4 is 5.32 Å². The fraction of sp³-hybridized carbons (Fsp3) is 0.923. The molecule has 16 heavy (non-hydrogen) atoms. The van der Waals surface area contributed by atoms with Crippen LogP contribution in [-0.2, 0) is 4.79 Å². The number of carbonyl (C=O) groups excluding carboxylic acids is 1. The van der Waals surface area contributed by atoms with Gasteiger partial charge >= 0.3 is 0 Å². The van der Waals surface area contributed by atoms with Gasteiger partial charge in [0.15, 0.2) is 0 Å². The van der Waals surface area contributed by atoms with E-state index in [9.17, 15) is 4.79 Å². The summed E-state index contributed by atoms with van der Waals surface area (Å²) in [6, 6.07) is 0.403. The second-order valence-corrected chi connectivity index (χ2v) is 5.62. The molecule has 1 spiro atoms. The lowest BCUT2D eigenvalue weighted by molar-refractivity contribution is -0.135. The molecule has 0 aromatic rings. The van der Waals surface area contributed by atoms with Crippen molar-refractivity contribution in [2.75, 3.05) is 6.67 Å². The maximum atomic E-state index is 12.5. The van der Waals surface area contributed by atoms with Crippen LogP contribution in [0.25, 0.3) is 0 Å². The molecule has 0 aromatic heterocycles. The van der Waals surface area contributed by atoms with E-state index in [0.29, 0.717) is 17.9 Å². The van der Waals surface area contributed by atoms with E-state index in [1.54, 1.807) is 0 Å². The van der Waals surface area contributed by atoms with Crippen molar-refractivity contribution in [2.24, 2.45) is 5.92 Å². The zero-order chi connectivity index (χ0) is 11.8. The van der Waals surface area contributed by atoms with E-state index in [-0.39, 0.29) is 5.54 Å². The highest BCUT2D eigenvalue weighted by atomic mass is 16.2. The predicted octanol–water partition coefficient (Wildman–Crippen LogP) is 2.12. The Labute approximate surface area is 98.6 Å². The Morgan fingerprint density at radius 1 is 1.38 bits per heavy atom. The van der Waals surface area contributed by atoms with E-state index in [1.807, 2.05) is 0 Å². The molecule has 1 N–H and O–H groups in total. The third-order valence-corrected chi connectivity index (χ3v) is 4.30. The lowest BCUT2D eigenvalue weighted by atomic mass is 9.95. The molecule has 1 unspecified atom stereocenters. The zero-order valence-corrected chi connectivity index (χ0v) is 10.8. The van der Waals surface area contributed by atoms with E-state index in [0.717, 1.165) is 25.9 Å². The quantitative estimate of drug-likeness (QED) is 0.796. The Hall–Kier alpha value is -0.570. The molecule has 1 amide bonds. The summed E-state index contributed by atoms with van der Waals surface area (Å²) in [5.74, 6) is 0.915. The summed E-state index contributed by atoms with van der Waals surface area (Å²) in [5, 5.41) is 3.48. The molecule has 1 heterocycles. The molecule has 3 heteroatoms. The summed E-state index contributed by atoms with van der Waals surface area (Å²) in [4.78, 5) is 14.6. The highest BCUT2D eigenvalue weighted by molar-refractivity contribution is 5.89. The van der Waals surface area contributed by atoms with E-state index < -0.39 is 0 Å². The van der Waals surface area contributed by atoms with Gasteiger partial charge in [0.1, 0.15) is 0 Å². The molecule has 2 fully saturated rings. The minimum Gasteiger partial charge on any atom is -0.325 e. The Morgan fingerprint density at radius 3 is 2.50 bits per heavy atom. The summed E-state index contributed by atoms with van der Waals surface area (Å²) < 4.78 is 0. The third kappa shape index (κ3) is 1.75. The van der Waals surface area contributed by atoms with Gasteiger partial charge in [-0.3, -0.25) is 10.1 Å². The Kier molecular flexibility index (Phi) is 3.24. The van der Waals surface area contributed by atoms with Crippen LogP contribution in [0, 0.1) is 5.92 Å². The minimum atomic E-state index is -0.178. The van der Waals surface area contributed by atoms with Crippen molar-refractivity contribution in [1.82, 2.24) is 10.2 Å². The topological polar surface area (TPSA) is 32.3 Å². The maximum absolute atomic E-state index is 12.5. The molecule has 3 nitrogen and oxygen atoms in total. The van der Waals surface area contributed by atoms with Gasteiger partial charge in [-0.2, -0.15) is 0 Å². The maximum Gasteiger partial charge on any atom is 0.244 e. The molecule has 0 bridgehead atoms. The molecule has 92 valence electrons. The summed E-state index contributed by atoms with van der Waals surface area (Å²) in [6.07, 6.45) is 5.53. The highest BCUT2D eigenvalue weighted by Gasteiger charge is 2.49. The molecule has 1 aliphatic carbocycles. The Bertz CT molecular complexity index is 269. The van der Waals surface area contributed by atoms with Gasteiger partial charge in [-0.1, -0.05) is 33.6 Å². The molecule has 2 rings (SSSR count). The number of nitrogens with zero attached hydrogens (tertiary/aromatic N) is 1. The molecular weight excluding hydrogens is 200 g/mol. The fourth-order valence-electron chi connectivity index (χ4n) is 3.35. The van der Waals surface area contributed by atoms with E-state index in [4.69, 9.17) is 0 Å². The molecule has 0 aromatic carbocycles. The van der Waals surface area contributed by atoms with Gasteiger partial charge in [0.2, 0.25) is 5.91 Å². The van der Waals surface area contributed by atoms with Crippen LogP contribution in [0.3, 0.4) is 0 Å². The molecule has 0 radical (unpaired) electrons. The van der Waals surface area contributed by atoms with Gasteiger partial charge in [-0.15, -0.1) is 0 Å². The minimum absolute atomic E-state index is 0.178. The van der Waals surface area contributed by atoms with Crippen LogP contribution in [0.4, 0.5) is 0 Å². The van der Waals surface area contributed by atoms with Crippen molar-refractivity contribution in [3.63, 3.8) is 0 Å². The van der Waals surface area contributed by atoms with Gasteiger partial charge in [0, 0.05) is 6.04 Å². The summed E-state index contributed by atoms with van der Waals surface area (Å²) in [6.45, 7) is 7.36. The van der Waals surface area contributed by atoms with E-state index >= 15 is 0 Å². The van der Waals surface area contributed by atoms with Crippen LogP contribution in [0.5, 0.6) is 0 Å². The number of nitrogens with one attached hydrogen (secondary N) is 1. The van der Waals surface area contributed by atoms with Crippen molar-refractivity contribution in [3.05, 3.63) is 0 Å². The monoisotopic (exact) mass is 224 g/mol. The Morgan fingerprint density at radius 2 is 2.00 bits per heavy atom. The van der Waals surface area contributed by atoms with Gasteiger partial charge in [0.05, 0.1) is 12.2 Å². The lowest BCUT2D eigenvalue weighted by Gasteiger charge is -2.31. The van der Waals surface area contributed by atoms with Crippen LogP contribution in [-0.4, -0.2) is 29.1 Å². The average Bonchev–Trinajstić information content (AvgIpc) is 2.82. The van der Waals surface area contributed by atoms with Crippen LogP contribution in [0.2, 0.25) is 0 Å². The number of hydrogen-bond acceptors (Lipinski definition) is 2. The van der Waals surface area contributed by atoms with Gasteiger partial charge in [-0.05, 0) is 25.2 Å². The van der Waals surface area contributed by atoms with Crippen LogP contribution >= 0.6 is 0 Å². The summed E-state index contributed by atoms with van der Waals surface area (Å²) in [5.41, 5.74) is -0.178. The Balaban J connectivity index is 2.11. The first-order valence-corrected chi connectivity index (χ1v) is 6.67. The van der Waals surface area contributed by atoms with Gasteiger partial charge in [-0.25, -0.2) is 0 Å². The van der Waals surface area contributed by atoms with Crippen molar-refractivity contribution < 1.29 is 4.79 Å². The molecule has 1 saturated heterocycles. The van der Waals surface area contributed by atoms with Crippen LogP contribution in [0.1, 0.15) is 52.9 Å². The summed E-state index contributed by atoms with van der Waals surface area (Å²) >= 11 is 0. The molecule has 1 aliphatic heterocycles. The number of carbonyl (C=O) groups is 1. The predicted molar refractivity (Wildman–Crippen MR) is 65.0 cm³/mol. The first-order valence-electron chi connectivity index (χ1n) is 6.67. The first-order chi connectivity index (χ1) is 7.60. The second kappa shape index (κ2) is 4.36. The third-order valence-electron chi connectivity index (χ3n) is 4.30. The molecule has 1 saturated carbocycles. The SMILES string of the molecule is CCC(C(C)C)N1CNC2(CCCC2)C1=O. The molecule has 1 atom stereocenters. The van der Waals surface area contributed by atoms with Gasteiger partial charge < -0.3 is 4.90 Å². The van der Waals surface area contributed by atoms with Crippen molar-refractivity contribution in [2.45, 2.75) is 64.5 Å². The zero-order valence-electron chi connectivity index (χ0n) is 10.8. The fourth-order valence-corrected chi connectivity index (χ4v) is 3.35. The lowest BCUT2D eigenvalue weighted by Crippen LogP contribution is -2.46. The molecular formula is C13H24N2O. The van der Waals surface area contributed by atoms with E-state index in [2.05, 4.69) is 31.0 Å². The normalized spacial score (nSPS) is 26.0. The average molecular weight is 224 g/mol. The highest BCUT2D eigenvalue weighted by Crippen LogP contribution is 2.36. The second-order valence-electron chi connectivity index (χ2n) is 5.62. The number of amides is 1. The first kappa shape index (κ1) is 11.9. The van der Waals surface area contributed by atoms with Crippen molar-refractivity contribution >= 4 is 5.91 Å². The number of rotatable bonds is 3. The van der Waals surface area contributed by atoms with Crippen molar-refractivity contribution in [1.29, 1.82) is 0 Å². The number of hydrogen-bond donors (Lipinski definition) is 1. The van der Waals surface area contributed by atoms with Crippen molar-refractivity contribution in [3.8, 4) is 0 Å². The largest absolute Gasteiger partial charge is 0.325 e. The molecule has 2 aliphatic rings.